The highest BCUT2D eigenvalue weighted by atomic mass is 35.5. The summed E-state index contributed by atoms with van der Waals surface area (Å²) in [6.07, 6.45) is 0.913. The molecule has 5 nitrogen and oxygen atoms in total. The van der Waals surface area contributed by atoms with Gasteiger partial charge in [-0.1, -0.05) is 12.1 Å². The first-order valence-electron chi connectivity index (χ1n) is 8.16. The molecule has 0 bridgehead atoms. The molecule has 2 aromatic rings. The molecular formula is C17H23Cl2FN4OS. The molecule has 1 aromatic carbocycles. The molecule has 2 heterocycles. The van der Waals surface area contributed by atoms with Gasteiger partial charge in [-0.05, 0) is 25.1 Å². The van der Waals surface area contributed by atoms with Crippen molar-refractivity contribution in [3.8, 4) is 10.6 Å². The zero-order valence-corrected chi connectivity index (χ0v) is 16.7. The van der Waals surface area contributed by atoms with Crippen LogP contribution in [0.25, 0.3) is 10.6 Å². The molecule has 26 heavy (non-hydrogen) atoms. The lowest BCUT2D eigenvalue weighted by Crippen LogP contribution is -2.44. The maximum atomic E-state index is 13.8. The highest BCUT2D eigenvalue weighted by molar-refractivity contribution is 7.13. The summed E-state index contributed by atoms with van der Waals surface area (Å²) in [5.41, 5.74) is 0.778. The Balaban J connectivity index is 0.00000169. The van der Waals surface area contributed by atoms with E-state index in [0.29, 0.717) is 22.8 Å². The fourth-order valence-corrected chi connectivity index (χ4v) is 3.49. The average Bonchev–Trinajstić information content (AvgIpc) is 3.10. The van der Waals surface area contributed by atoms with Gasteiger partial charge in [0, 0.05) is 43.7 Å². The molecule has 0 aliphatic carbocycles. The second-order valence-electron chi connectivity index (χ2n) is 5.72. The third-order valence-electron chi connectivity index (χ3n) is 3.99. The standard InChI is InChI=1S/C17H21FN4OS.2ClH/c18-14-5-2-1-4-13(14)17-21-15(12-24-17)16(23)20-6-3-9-22-10-7-19-8-11-22;;/h1-2,4-5,12,19H,3,6-11H2,(H,20,23);2*1H. The van der Waals surface area contributed by atoms with E-state index in [4.69, 9.17) is 0 Å². The molecule has 1 aliphatic rings. The molecule has 1 amide bonds. The lowest BCUT2D eigenvalue weighted by atomic mass is 10.2. The number of thiazole rings is 1. The SMILES string of the molecule is Cl.Cl.O=C(NCCCN1CCNCC1)c1csc(-c2ccccc2F)n1. The van der Waals surface area contributed by atoms with Crippen LogP contribution in [-0.2, 0) is 0 Å². The van der Waals surface area contributed by atoms with Crippen LogP contribution < -0.4 is 10.6 Å². The topological polar surface area (TPSA) is 57.3 Å². The fourth-order valence-electron chi connectivity index (χ4n) is 2.67. The van der Waals surface area contributed by atoms with Gasteiger partial charge >= 0.3 is 0 Å². The largest absolute Gasteiger partial charge is 0.351 e. The van der Waals surface area contributed by atoms with Gasteiger partial charge in [0.05, 0.1) is 0 Å². The van der Waals surface area contributed by atoms with Crippen molar-refractivity contribution in [2.24, 2.45) is 0 Å². The smallest absolute Gasteiger partial charge is 0.270 e. The number of carbonyl (C=O) groups excluding carboxylic acids is 1. The molecule has 0 radical (unpaired) electrons. The highest BCUT2D eigenvalue weighted by Crippen LogP contribution is 2.25. The predicted octanol–water partition coefficient (Wildman–Crippen LogP) is 2.82. The van der Waals surface area contributed by atoms with E-state index in [9.17, 15) is 9.18 Å². The third kappa shape index (κ3) is 6.17. The Labute approximate surface area is 169 Å². The van der Waals surface area contributed by atoms with E-state index in [0.717, 1.165) is 39.1 Å². The molecule has 0 saturated carbocycles. The zero-order valence-electron chi connectivity index (χ0n) is 14.2. The van der Waals surface area contributed by atoms with Gasteiger partial charge < -0.3 is 15.5 Å². The fraction of sp³-hybridized carbons (Fsp3) is 0.412. The maximum absolute atomic E-state index is 13.8. The lowest BCUT2D eigenvalue weighted by molar-refractivity contribution is 0.0947. The van der Waals surface area contributed by atoms with Gasteiger partial charge in [-0.15, -0.1) is 36.2 Å². The Morgan fingerprint density at radius 1 is 1.27 bits per heavy atom. The van der Waals surface area contributed by atoms with Crippen LogP contribution >= 0.6 is 36.2 Å². The molecule has 9 heteroatoms. The monoisotopic (exact) mass is 420 g/mol. The molecule has 1 aromatic heterocycles. The van der Waals surface area contributed by atoms with Crippen molar-refractivity contribution in [2.45, 2.75) is 6.42 Å². The number of carbonyl (C=O) groups is 1. The zero-order chi connectivity index (χ0) is 16.8. The lowest BCUT2D eigenvalue weighted by Gasteiger charge is -2.26. The molecule has 1 aliphatic heterocycles. The summed E-state index contributed by atoms with van der Waals surface area (Å²) in [5.74, 6) is -0.524. The Morgan fingerprint density at radius 2 is 2.00 bits per heavy atom. The summed E-state index contributed by atoms with van der Waals surface area (Å²) < 4.78 is 13.8. The number of nitrogens with zero attached hydrogens (tertiary/aromatic N) is 2. The van der Waals surface area contributed by atoms with E-state index >= 15 is 0 Å². The number of benzene rings is 1. The molecule has 144 valence electrons. The van der Waals surface area contributed by atoms with Crippen molar-refractivity contribution in [2.75, 3.05) is 39.3 Å². The summed E-state index contributed by atoms with van der Waals surface area (Å²) in [7, 11) is 0. The maximum Gasteiger partial charge on any atom is 0.270 e. The number of halogens is 3. The molecule has 0 atom stereocenters. The Bertz CT molecular complexity index is 695. The van der Waals surface area contributed by atoms with E-state index in [1.54, 1.807) is 23.6 Å². The summed E-state index contributed by atoms with van der Waals surface area (Å²) in [4.78, 5) is 18.8. The highest BCUT2D eigenvalue weighted by Gasteiger charge is 2.14. The van der Waals surface area contributed by atoms with Crippen molar-refractivity contribution in [3.63, 3.8) is 0 Å². The first-order chi connectivity index (χ1) is 11.7. The molecule has 0 unspecified atom stereocenters. The summed E-state index contributed by atoms with van der Waals surface area (Å²) >= 11 is 1.28. The molecular weight excluding hydrogens is 398 g/mol. The minimum Gasteiger partial charge on any atom is -0.351 e. The van der Waals surface area contributed by atoms with Crippen LogP contribution in [-0.4, -0.2) is 55.1 Å². The van der Waals surface area contributed by atoms with Gasteiger partial charge in [-0.3, -0.25) is 4.79 Å². The van der Waals surface area contributed by atoms with E-state index in [-0.39, 0.29) is 36.5 Å². The van der Waals surface area contributed by atoms with E-state index < -0.39 is 0 Å². The Kier molecular flexibility index (Phi) is 10.0. The molecule has 1 fully saturated rings. The van der Waals surface area contributed by atoms with Crippen LogP contribution in [0.4, 0.5) is 4.39 Å². The number of piperazine rings is 1. The Morgan fingerprint density at radius 3 is 2.73 bits per heavy atom. The van der Waals surface area contributed by atoms with Crippen molar-refractivity contribution in [1.29, 1.82) is 0 Å². The first-order valence-corrected chi connectivity index (χ1v) is 9.04. The second-order valence-corrected chi connectivity index (χ2v) is 6.58. The Hall–Kier alpha value is -1.25. The van der Waals surface area contributed by atoms with Gasteiger partial charge in [-0.25, -0.2) is 9.37 Å². The molecule has 0 spiro atoms. The third-order valence-corrected chi connectivity index (χ3v) is 4.86. The van der Waals surface area contributed by atoms with E-state index in [2.05, 4.69) is 20.5 Å². The minimum atomic E-state index is -0.324. The van der Waals surface area contributed by atoms with Gasteiger partial charge in [0.15, 0.2) is 0 Å². The number of aromatic nitrogens is 1. The quantitative estimate of drug-likeness (QED) is 0.705. The van der Waals surface area contributed by atoms with Gasteiger partial charge in [0.1, 0.15) is 16.5 Å². The number of rotatable bonds is 6. The number of nitrogens with one attached hydrogen (secondary N) is 2. The molecule has 1 saturated heterocycles. The number of amides is 1. The van der Waals surface area contributed by atoms with Gasteiger partial charge in [0.2, 0.25) is 0 Å². The van der Waals surface area contributed by atoms with Crippen LogP contribution in [0, 0.1) is 5.82 Å². The number of hydrogen-bond donors (Lipinski definition) is 2. The minimum absolute atomic E-state index is 0. The van der Waals surface area contributed by atoms with E-state index in [1.165, 1.54) is 17.4 Å². The van der Waals surface area contributed by atoms with E-state index in [1.807, 2.05) is 0 Å². The van der Waals surface area contributed by atoms with Crippen molar-refractivity contribution >= 4 is 42.1 Å². The second kappa shape index (κ2) is 11.5. The van der Waals surface area contributed by atoms with Crippen molar-refractivity contribution in [1.82, 2.24) is 20.5 Å². The average molecular weight is 421 g/mol. The summed E-state index contributed by atoms with van der Waals surface area (Å²) in [6.45, 7) is 5.79. The van der Waals surface area contributed by atoms with Crippen molar-refractivity contribution < 1.29 is 9.18 Å². The summed E-state index contributed by atoms with van der Waals surface area (Å²) in [6, 6.07) is 6.46. The predicted molar refractivity (Wildman–Crippen MR) is 108 cm³/mol. The molecule has 3 rings (SSSR count). The van der Waals surface area contributed by atoms with Crippen LogP contribution in [0.15, 0.2) is 29.6 Å². The van der Waals surface area contributed by atoms with Crippen LogP contribution in [0.2, 0.25) is 0 Å². The van der Waals surface area contributed by atoms with Crippen molar-refractivity contribution in [3.05, 3.63) is 41.2 Å². The summed E-state index contributed by atoms with van der Waals surface area (Å²) in [5, 5.41) is 8.41. The van der Waals surface area contributed by atoms with Crippen LogP contribution in [0.5, 0.6) is 0 Å². The first kappa shape index (κ1) is 22.8. The molecule has 2 N–H and O–H groups in total. The van der Waals surface area contributed by atoms with Crippen LogP contribution in [0.1, 0.15) is 16.9 Å². The van der Waals surface area contributed by atoms with Gasteiger partial charge in [-0.2, -0.15) is 0 Å². The van der Waals surface area contributed by atoms with Crippen LogP contribution in [0.3, 0.4) is 0 Å². The number of hydrogen-bond acceptors (Lipinski definition) is 5. The van der Waals surface area contributed by atoms with Gasteiger partial charge in [0.25, 0.3) is 5.91 Å². The normalized spacial score (nSPS) is 14.2.